The minimum atomic E-state index is -5.08. The molecule has 0 atom stereocenters. The van der Waals surface area contributed by atoms with Gasteiger partial charge in [0.25, 0.3) is 0 Å². The van der Waals surface area contributed by atoms with Crippen molar-refractivity contribution in [3.05, 3.63) is 94.0 Å². The number of aliphatic carboxylic acids is 1. The summed E-state index contributed by atoms with van der Waals surface area (Å²) < 4.78 is 31.7. The summed E-state index contributed by atoms with van der Waals surface area (Å²) in [7, 11) is 0. The molecule has 218 valence electrons. The molecule has 4 rings (SSSR count). The largest absolute Gasteiger partial charge is 0.490 e. The highest BCUT2D eigenvalue weighted by Crippen LogP contribution is 2.25. The highest BCUT2D eigenvalue weighted by Gasteiger charge is 2.38. The van der Waals surface area contributed by atoms with Crippen molar-refractivity contribution in [3.63, 3.8) is 0 Å². The Morgan fingerprint density at radius 2 is 1.51 bits per heavy atom. The summed E-state index contributed by atoms with van der Waals surface area (Å²) in [6.45, 7) is 8.05. The fraction of sp³-hybridized carbons (Fsp3) is 0.276. The van der Waals surface area contributed by atoms with E-state index in [4.69, 9.17) is 26.5 Å². The molecule has 3 aromatic rings. The van der Waals surface area contributed by atoms with Crippen molar-refractivity contribution >= 4 is 40.9 Å². The number of nitrogens with zero attached hydrogens (tertiary/aromatic N) is 3. The van der Waals surface area contributed by atoms with Crippen molar-refractivity contribution in [2.45, 2.75) is 26.6 Å². The van der Waals surface area contributed by atoms with Crippen LogP contribution < -0.4 is 10.2 Å². The Hall–Kier alpha value is -4.25. The van der Waals surface area contributed by atoms with Crippen LogP contribution in [0.2, 0.25) is 5.02 Å². The van der Waals surface area contributed by atoms with Crippen LogP contribution in [-0.4, -0.2) is 65.4 Å². The van der Waals surface area contributed by atoms with Gasteiger partial charge in [0.15, 0.2) is 5.96 Å². The number of halogens is 4. The summed E-state index contributed by atoms with van der Waals surface area (Å²) in [5.41, 5.74) is 5.80. The number of aryl methyl sites for hydroxylation is 2. The molecule has 0 saturated carbocycles. The second-order valence-electron chi connectivity index (χ2n) is 9.34. The Morgan fingerprint density at radius 3 is 2.05 bits per heavy atom. The van der Waals surface area contributed by atoms with Crippen LogP contribution in [0.5, 0.6) is 0 Å². The van der Waals surface area contributed by atoms with E-state index in [1.807, 2.05) is 12.1 Å². The molecule has 41 heavy (non-hydrogen) atoms. The van der Waals surface area contributed by atoms with Crippen molar-refractivity contribution < 1.29 is 33.0 Å². The Labute approximate surface area is 240 Å². The maximum atomic E-state index is 11.2. The first kappa shape index (κ1) is 31.3. The number of piperazine rings is 1. The molecule has 0 aromatic heterocycles. The Kier molecular flexibility index (Phi) is 10.6. The molecule has 0 spiro atoms. The second-order valence-corrected chi connectivity index (χ2v) is 9.78. The maximum Gasteiger partial charge on any atom is 0.490 e. The van der Waals surface area contributed by atoms with Crippen LogP contribution in [0.1, 0.15) is 27.0 Å². The number of carboxylic acids is 2. The van der Waals surface area contributed by atoms with Gasteiger partial charge >= 0.3 is 18.1 Å². The number of guanidine groups is 1. The second kappa shape index (κ2) is 13.9. The highest BCUT2D eigenvalue weighted by molar-refractivity contribution is 6.30. The summed E-state index contributed by atoms with van der Waals surface area (Å²) in [5, 5.41) is 20.5. The number of hydrogen-bond donors (Lipinski definition) is 3. The van der Waals surface area contributed by atoms with Crippen LogP contribution in [0.25, 0.3) is 0 Å². The third-order valence-electron chi connectivity index (χ3n) is 6.25. The molecule has 0 bridgehead atoms. The lowest BCUT2D eigenvalue weighted by atomic mass is 10.1. The van der Waals surface area contributed by atoms with E-state index in [0.29, 0.717) is 6.54 Å². The topological polar surface area (TPSA) is 105 Å². The van der Waals surface area contributed by atoms with Gasteiger partial charge in [-0.15, -0.1) is 0 Å². The summed E-state index contributed by atoms with van der Waals surface area (Å²) in [6.07, 6.45) is -5.08. The predicted octanol–water partition coefficient (Wildman–Crippen LogP) is 6.08. The van der Waals surface area contributed by atoms with Gasteiger partial charge in [-0.3, -0.25) is 0 Å². The van der Waals surface area contributed by atoms with E-state index in [1.165, 1.54) is 16.8 Å². The smallest absolute Gasteiger partial charge is 0.478 e. The van der Waals surface area contributed by atoms with Gasteiger partial charge in [-0.05, 0) is 61.4 Å². The van der Waals surface area contributed by atoms with Crippen LogP contribution in [0.4, 0.5) is 24.5 Å². The van der Waals surface area contributed by atoms with Gasteiger partial charge in [-0.2, -0.15) is 13.2 Å². The van der Waals surface area contributed by atoms with E-state index in [0.717, 1.165) is 48.4 Å². The van der Waals surface area contributed by atoms with Gasteiger partial charge in [-0.25, -0.2) is 14.6 Å². The van der Waals surface area contributed by atoms with E-state index in [1.54, 1.807) is 24.3 Å². The third kappa shape index (κ3) is 9.42. The Bertz CT molecular complexity index is 1370. The van der Waals surface area contributed by atoms with E-state index in [-0.39, 0.29) is 5.56 Å². The van der Waals surface area contributed by atoms with Crippen LogP contribution in [0.3, 0.4) is 0 Å². The zero-order chi connectivity index (χ0) is 30.2. The molecule has 0 aliphatic carbocycles. The van der Waals surface area contributed by atoms with E-state index in [2.05, 4.69) is 59.3 Å². The lowest BCUT2D eigenvalue weighted by Gasteiger charge is -2.38. The fourth-order valence-electron chi connectivity index (χ4n) is 3.99. The van der Waals surface area contributed by atoms with Crippen LogP contribution in [0, 0.1) is 13.8 Å². The van der Waals surface area contributed by atoms with Crippen molar-refractivity contribution in [3.8, 4) is 0 Å². The van der Waals surface area contributed by atoms with Crippen molar-refractivity contribution in [2.24, 2.45) is 4.99 Å². The molecule has 0 amide bonds. The average molecular weight is 591 g/mol. The number of carboxylic acid groups (broad SMARTS) is 2. The summed E-state index contributed by atoms with van der Waals surface area (Å²) in [4.78, 5) is 29.6. The number of aromatic carboxylic acids is 1. The Morgan fingerprint density at radius 1 is 0.927 bits per heavy atom. The van der Waals surface area contributed by atoms with Crippen LogP contribution in [0.15, 0.2) is 71.7 Å². The molecule has 1 saturated heterocycles. The molecule has 12 heteroatoms. The number of carbonyl (C=O) groups is 2. The quantitative estimate of drug-likeness (QED) is 0.244. The zero-order valence-corrected chi connectivity index (χ0v) is 23.2. The van der Waals surface area contributed by atoms with Gasteiger partial charge in [0.05, 0.1) is 12.1 Å². The zero-order valence-electron chi connectivity index (χ0n) is 22.5. The first-order chi connectivity index (χ1) is 19.3. The molecule has 3 N–H and O–H groups in total. The molecule has 0 radical (unpaired) electrons. The summed E-state index contributed by atoms with van der Waals surface area (Å²) in [6, 6.07) is 21.1. The Balaban J connectivity index is 0.000000587. The maximum absolute atomic E-state index is 11.2. The third-order valence-corrected chi connectivity index (χ3v) is 6.49. The van der Waals surface area contributed by atoms with E-state index < -0.39 is 18.1 Å². The molecular weight excluding hydrogens is 561 g/mol. The molecule has 3 aromatic carbocycles. The van der Waals surface area contributed by atoms with Gasteiger partial charge in [0.1, 0.15) is 0 Å². The van der Waals surface area contributed by atoms with E-state index in [9.17, 15) is 23.1 Å². The summed E-state index contributed by atoms with van der Waals surface area (Å²) in [5.74, 6) is -2.91. The first-order valence-electron chi connectivity index (χ1n) is 12.6. The molecule has 1 fully saturated rings. The van der Waals surface area contributed by atoms with E-state index >= 15 is 0 Å². The molecule has 1 heterocycles. The van der Waals surface area contributed by atoms with Crippen molar-refractivity contribution in [2.75, 3.05) is 36.4 Å². The van der Waals surface area contributed by atoms with Crippen LogP contribution in [-0.2, 0) is 11.3 Å². The molecule has 1 aliphatic rings. The van der Waals surface area contributed by atoms with Crippen molar-refractivity contribution in [1.82, 2.24) is 4.90 Å². The number of alkyl halides is 3. The highest BCUT2D eigenvalue weighted by atomic mass is 35.5. The number of rotatable bonds is 5. The molecule has 1 aliphatic heterocycles. The number of benzene rings is 3. The lowest BCUT2D eigenvalue weighted by Crippen LogP contribution is -2.51. The van der Waals surface area contributed by atoms with Gasteiger partial charge in [0.2, 0.25) is 0 Å². The normalized spacial score (nSPS) is 13.8. The SMILES string of the molecule is Cc1ccc(CN=C(Nc2ccc(C(=O)O)cc2)N2CCN(c3cc(Cl)ccc3C)CC2)cc1.O=C(O)C(F)(F)F. The minimum Gasteiger partial charge on any atom is -0.478 e. The van der Waals surface area contributed by atoms with Gasteiger partial charge in [-0.1, -0.05) is 47.5 Å². The number of anilines is 2. The van der Waals surface area contributed by atoms with Crippen LogP contribution >= 0.6 is 11.6 Å². The first-order valence-corrected chi connectivity index (χ1v) is 13.0. The number of hydrogen-bond acceptors (Lipinski definition) is 4. The monoisotopic (exact) mass is 590 g/mol. The fourth-order valence-corrected chi connectivity index (χ4v) is 4.15. The minimum absolute atomic E-state index is 0.259. The number of aliphatic imine (C=N–C) groups is 1. The summed E-state index contributed by atoms with van der Waals surface area (Å²) >= 11 is 6.24. The van der Waals surface area contributed by atoms with Crippen molar-refractivity contribution in [1.29, 1.82) is 0 Å². The standard InChI is InChI=1S/C27H29ClN4O2.C2HF3O2/c1-19-3-6-21(7-4-19)18-29-27(30-24-11-8-22(9-12-24)26(33)34)32-15-13-31(14-16-32)25-17-23(28)10-5-20(25)2;3-2(4,5)1(6)7/h3-12,17H,13-16,18H2,1-2H3,(H,29,30)(H,33,34);(H,6,7). The average Bonchev–Trinajstić information content (AvgIpc) is 2.93. The molecular formula is C29H30ClF3N4O4. The number of nitrogens with one attached hydrogen (secondary N) is 1. The predicted molar refractivity (Wildman–Crippen MR) is 153 cm³/mol. The van der Waals surface area contributed by atoms with Gasteiger partial charge in [0, 0.05) is 42.6 Å². The molecule has 0 unspecified atom stereocenters. The molecule has 8 nitrogen and oxygen atoms in total. The van der Waals surface area contributed by atoms with Gasteiger partial charge < -0.3 is 25.3 Å². The lowest BCUT2D eigenvalue weighted by molar-refractivity contribution is -0.192.